The molecule has 2 atom stereocenters. The van der Waals surface area contributed by atoms with Crippen molar-refractivity contribution < 1.29 is 0 Å². The number of aromatic nitrogens is 1. The molecule has 1 aromatic heterocycles. The molecule has 2 rings (SSSR count). The normalized spacial score (nSPS) is 13.4. The van der Waals surface area contributed by atoms with Gasteiger partial charge in [0.15, 0.2) is 0 Å². The summed E-state index contributed by atoms with van der Waals surface area (Å²) in [6, 6.07) is 14.2. The Balaban J connectivity index is 0.00000180. The molecule has 0 saturated heterocycles. The molecule has 2 aromatic rings. The van der Waals surface area contributed by atoms with E-state index < -0.39 is 0 Å². The number of pyridine rings is 1. The summed E-state index contributed by atoms with van der Waals surface area (Å²) < 4.78 is 0.503. The summed E-state index contributed by atoms with van der Waals surface area (Å²) >= 11 is 8.64. The summed E-state index contributed by atoms with van der Waals surface area (Å²) in [4.78, 5) is 4.48. The molecule has 4 heteroatoms. The minimum atomic E-state index is 0. The van der Waals surface area contributed by atoms with Crippen molar-refractivity contribution in [2.24, 2.45) is 0 Å². The quantitative estimate of drug-likeness (QED) is 0.738. The van der Waals surface area contributed by atoms with Crippen molar-refractivity contribution >= 4 is 40.9 Å². The van der Waals surface area contributed by atoms with Crippen LogP contribution in [-0.2, 0) is 6.42 Å². The van der Waals surface area contributed by atoms with Gasteiger partial charge in [0.1, 0.15) is 0 Å². The summed E-state index contributed by atoms with van der Waals surface area (Å²) in [5.41, 5.74) is 2.45. The summed E-state index contributed by atoms with van der Waals surface area (Å²) in [7, 11) is 0. The topological polar surface area (TPSA) is 12.9 Å². The fourth-order valence-electron chi connectivity index (χ4n) is 1.99. The van der Waals surface area contributed by atoms with Gasteiger partial charge in [0.25, 0.3) is 0 Å². The van der Waals surface area contributed by atoms with Crippen LogP contribution in [0.25, 0.3) is 0 Å². The average molecular weight is 356 g/mol. The van der Waals surface area contributed by atoms with Gasteiger partial charge in [-0.05, 0) is 0 Å². The molecule has 1 heterocycles. The van der Waals surface area contributed by atoms with Crippen LogP contribution in [-0.4, -0.2) is 21.8 Å². The van der Waals surface area contributed by atoms with Gasteiger partial charge in [0, 0.05) is 0 Å². The van der Waals surface area contributed by atoms with E-state index in [4.69, 9.17) is 11.6 Å². The standard InChI is InChI=1S/C15H15AsClN.ClH/c1-11(16)14(15-4-2-3-9-18-15)10-12-5-7-13(17)8-6-12;/h2-9,11,14H,10H2,1H3;1H. The molecule has 2 unspecified atom stereocenters. The van der Waals surface area contributed by atoms with Crippen molar-refractivity contribution in [1.82, 2.24) is 4.98 Å². The van der Waals surface area contributed by atoms with Gasteiger partial charge >= 0.3 is 122 Å². The Labute approximate surface area is 134 Å². The maximum atomic E-state index is 5.91. The Morgan fingerprint density at radius 1 is 1.16 bits per heavy atom. The van der Waals surface area contributed by atoms with E-state index in [0.717, 1.165) is 17.1 Å². The maximum absolute atomic E-state index is 5.91. The molecule has 0 aliphatic carbocycles. The molecule has 0 amide bonds. The number of benzene rings is 1. The minimum Gasteiger partial charge on any atom is -0.147 e. The number of hydrogen-bond donors (Lipinski definition) is 0. The van der Waals surface area contributed by atoms with Gasteiger partial charge in [0.05, 0.1) is 0 Å². The molecule has 100 valence electrons. The van der Waals surface area contributed by atoms with E-state index in [0.29, 0.717) is 10.6 Å². The fourth-order valence-corrected chi connectivity index (χ4v) is 2.66. The van der Waals surface area contributed by atoms with Crippen LogP contribution in [0.15, 0.2) is 48.7 Å². The van der Waals surface area contributed by atoms with Crippen molar-refractivity contribution in [3.8, 4) is 0 Å². The zero-order valence-corrected chi connectivity index (χ0v) is 14.1. The van der Waals surface area contributed by atoms with Gasteiger partial charge in [-0.2, -0.15) is 0 Å². The fraction of sp³-hybridized carbons (Fsp3) is 0.267. The first-order valence-electron chi connectivity index (χ1n) is 6.00. The van der Waals surface area contributed by atoms with Crippen LogP contribution in [0, 0.1) is 0 Å². The van der Waals surface area contributed by atoms with Crippen LogP contribution >= 0.6 is 24.0 Å². The van der Waals surface area contributed by atoms with Crippen LogP contribution in [0.2, 0.25) is 9.73 Å². The Bertz CT molecular complexity index is 485. The van der Waals surface area contributed by atoms with E-state index in [1.807, 2.05) is 30.5 Å². The molecule has 2 radical (unpaired) electrons. The molecule has 0 spiro atoms. The van der Waals surface area contributed by atoms with Crippen LogP contribution in [0.5, 0.6) is 0 Å². The van der Waals surface area contributed by atoms with Gasteiger partial charge in [-0.15, -0.1) is 12.4 Å². The predicted octanol–water partition coefficient (Wildman–Crippen LogP) is 4.46. The zero-order valence-electron chi connectivity index (χ0n) is 10.7. The van der Waals surface area contributed by atoms with Crippen LogP contribution in [0.3, 0.4) is 0 Å². The molecule has 19 heavy (non-hydrogen) atoms. The molecule has 0 fully saturated rings. The molecule has 0 saturated carbocycles. The van der Waals surface area contributed by atoms with Crippen LogP contribution in [0.1, 0.15) is 24.1 Å². The summed E-state index contributed by atoms with van der Waals surface area (Å²) in [5.74, 6) is 0.423. The second-order valence-electron chi connectivity index (χ2n) is 4.43. The zero-order chi connectivity index (χ0) is 13.0. The van der Waals surface area contributed by atoms with Crippen molar-refractivity contribution in [2.45, 2.75) is 24.0 Å². The maximum Gasteiger partial charge on any atom is -0.147 e. The Morgan fingerprint density at radius 2 is 1.84 bits per heavy atom. The average Bonchev–Trinajstić information content (AvgIpc) is 2.38. The van der Waals surface area contributed by atoms with E-state index in [1.165, 1.54) is 5.56 Å². The predicted molar refractivity (Wildman–Crippen MR) is 84.6 cm³/mol. The summed E-state index contributed by atoms with van der Waals surface area (Å²) in [5, 5.41) is 0.786. The number of nitrogens with zero attached hydrogens (tertiary/aromatic N) is 1. The second kappa shape index (κ2) is 7.94. The van der Waals surface area contributed by atoms with Crippen LogP contribution in [0.4, 0.5) is 0 Å². The van der Waals surface area contributed by atoms with E-state index in [2.05, 4.69) is 47.0 Å². The molecular formula is C15H16AsCl2N. The van der Waals surface area contributed by atoms with E-state index in [1.54, 1.807) is 0 Å². The van der Waals surface area contributed by atoms with Gasteiger partial charge in [-0.3, -0.25) is 0 Å². The van der Waals surface area contributed by atoms with Crippen molar-refractivity contribution in [2.75, 3.05) is 0 Å². The molecule has 1 nitrogen and oxygen atoms in total. The third-order valence-corrected chi connectivity index (χ3v) is 4.03. The molecule has 0 aliphatic heterocycles. The van der Waals surface area contributed by atoms with Crippen molar-refractivity contribution in [3.05, 3.63) is 64.9 Å². The Kier molecular flexibility index (Phi) is 6.92. The first-order chi connectivity index (χ1) is 8.66. The minimum absolute atomic E-state index is 0. The van der Waals surface area contributed by atoms with Crippen molar-refractivity contribution in [1.29, 1.82) is 0 Å². The van der Waals surface area contributed by atoms with Gasteiger partial charge in [-0.1, -0.05) is 0 Å². The van der Waals surface area contributed by atoms with Gasteiger partial charge in [0.2, 0.25) is 0 Å². The monoisotopic (exact) mass is 355 g/mol. The van der Waals surface area contributed by atoms with Crippen LogP contribution < -0.4 is 0 Å². The van der Waals surface area contributed by atoms with Crippen molar-refractivity contribution in [3.63, 3.8) is 0 Å². The number of rotatable bonds is 4. The Morgan fingerprint density at radius 3 is 2.37 bits per heavy atom. The number of halogens is 2. The summed E-state index contributed by atoms with van der Waals surface area (Å²) in [6.45, 7) is 2.22. The molecule has 0 N–H and O–H groups in total. The third kappa shape index (κ3) is 4.84. The Hall–Kier alpha value is -0.492. The molecule has 0 bridgehead atoms. The van der Waals surface area contributed by atoms with E-state index >= 15 is 0 Å². The SMILES string of the molecule is CC([As])C(Cc1ccc(Cl)cc1)c1ccccn1.Cl. The van der Waals surface area contributed by atoms with E-state index in [-0.39, 0.29) is 12.4 Å². The first kappa shape index (κ1) is 16.6. The molecule has 1 aromatic carbocycles. The van der Waals surface area contributed by atoms with E-state index in [9.17, 15) is 0 Å². The number of hydrogen-bond acceptors (Lipinski definition) is 1. The smallest absolute Gasteiger partial charge is 0.147 e. The summed E-state index contributed by atoms with van der Waals surface area (Å²) in [6.07, 6.45) is 2.85. The molecular weight excluding hydrogens is 340 g/mol. The second-order valence-corrected chi connectivity index (χ2v) is 6.58. The van der Waals surface area contributed by atoms with Gasteiger partial charge in [-0.25, -0.2) is 0 Å². The first-order valence-corrected chi connectivity index (χ1v) is 7.46. The largest absolute Gasteiger partial charge is 0.147 e. The van der Waals surface area contributed by atoms with Gasteiger partial charge < -0.3 is 0 Å². The third-order valence-electron chi connectivity index (χ3n) is 3.02. The molecule has 0 aliphatic rings.